The van der Waals surface area contributed by atoms with Gasteiger partial charge in [-0.1, -0.05) is 6.07 Å². The van der Waals surface area contributed by atoms with Crippen LogP contribution in [0.5, 0.6) is 0 Å². The summed E-state index contributed by atoms with van der Waals surface area (Å²) in [6.07, 6.45) is 0. The van der Waals surface area contributed by atoms with Crippen LogP contribution in [0, 0.1) is 13.8 Å². The van der Waals surface area contributed by atoms with Crippen molar-refractivity contribution in [1.82, 2.24) is 10.0 Å². The molecular weight excluding hydrogens is 264 g/mol. The summed E-state index contributed by atoms with van der Waals surface area (Å²) in [7, 11) is -0.112. The average Bonchev–Trinajstić information content (AvgIpc) is 2.34. The minimum atomic E-state index is -3.48. The Hall–Kier alpha value is -0.950. The van der Waals surface area contributed by atoms with E-state index in [1.54, 1.807) is 6.07 Å². The molecule has 6 heteroatoms. The Morgan fingerprint density at radius 2 is 1.95 bits per heavy atom. The highest BCUT2D eigenvalue weighted by atomic mass is 32.2. The van der Waals surface area contributed by atoms with Crippen molar-refractivity contribution in [2.45, 2.75) is 25.3 Å². The van der Waals surface area contributed by atoms with Crippen LogP contribution in [0.3, 0.4) is 0 Å². The fourth-order valence-electron chi connectivity index (χ4n) is 1.84. The van der Waals surface area contributed by atoms with Gasteiger partial charge in [0.15, 0.2) is 0 Å². The fourth-order valence-corrected chi connectivity index (χ4v) is 3.22. The van der Waals surface area contributed by atoms with Crippen LogP contribution in [0.1, 0.15) is 16.7 Å². The minimum absolute atomic E-state index is 0.271. The Bertz CT molecular complexity index is 527. The van der Waals surface area contributed by atoms with Gasteiger partial charge in [0.25, 0.3) is 0 Å². The van der Waals surface area contributed by atoms with E-state index in [4.69, 9.17) is 4.74 Å². The van der Waals surface area contributed by atoms with Gasteiger partial charge in [0.1, 0.15) is 0 Å². The first-order valence-corrected chi connectivity index (χ1v) is 7.64. The lowest BCUT2D eigenvalue weighted by Crippen LogP contribution is -2.28. The molecule has 0 saturated heterocycles. The summed E-state index contributed by atoms with van der Waals surface area (Å²) in [6, 6.07) is 3.72. The van der Waals surface area contributed by atoms with Gasteiger partial charge in [0.2, 0.25) is 10.0 Å². The summed E-state index contributed by atoms with van der Waals surface area (Å²) >= 11 is 0. The molecule has 0 amide bonds. The maximum atomic E-state index is 12.2. The highest BCUT2D eigenvalue weighted by Crippen LogP contribution is 2.21. The summed E-state index contributed by atoms with van der Waals surface area (Å²) in [5, 5.41) is 3.03. The first-order chi connectivity index (χ1) is 8.92. The SMILES string of the molecule is CNCc1cc(C)c(C)c(S(=O)(=O)NCCOC)c1. The first-order valence-electron chi connectivity index (χ1n) is 6.15. The minimum Gasteiger partial charge on any atom is -0.383 e. The third kappa shape index (κ3) is 4.28. The van der Waals surface area contributed by atoms with Crippen LogP contribution in [0.15, 0.2) is 17.0 Å². The number of aryl methyl sites for hydroxylation is 1. The molecule has 19 heavy (non-hydrogen) atoms. The molecule has 0 heterocycles. The van der Waals surface area contributed by atoms with E-state index in [1.165, 1.54) is 7.11 Å². The number of methoxy groups -OCH3 is 1. The smallest absolute Gasteiger partial charge is 0.240 e. The Morgan fingerprint density at radius 3 is 2.53 bits per heavy atom. The first kappa shape index (κ1) is 16.1. The maximum Gasteiger partial charge on any atom is 0.240 e. The predicted molar refractivity (Wildman–Crippen MR) is 75.7 cm³/mol. The molecule has 1 rings (SSSR count). The average molecular weight is 286 g/mol. The third-order valence-corrected chi connectivity index (χ3v) is 4.54. The largest absolute Gasteiger partial charge is 0.383 e. The van der Waals surface area contributed by atoms with Crippen molar-refractivity contribution in [3.05, 3.63) is 28.8 Å². The highest BCUT2D eigenvalue weighted by molar-refractivity contribution is 7.89. The number of ether oxygens (including phenoxy) is 1. The number of sulfonamides is 1. The van der Waals surface area contributed by atoms with E-state index in [9.17, 15) is 8.42 Å². The molecule has 0 aliphatic heterocycles. The topological polar surface area (TPSA) is 67.4 Å². The molecule has 0 spiro atoms. The molecule has 0 unspecified atom stereocenters. The Kier molecular flexibility index (Phi) is 5.93. The lowest BCUT2D eigenvalue weighted by molar-refractivity contribution is 0.204. The second-order valence-electron chi connectivity index (χ2n) is 4.46. The lowest BCUT2D eigenvalue weighted by atomic mass is 10.1. The van der Waals surface area contributed by atoms with Gasteiger partial charge in [-0.2, -0.15) is 0 Å². The number of hydrogen-bond donors (Lipinski definition) is 2. The number of rotatable bonds is 7. The van der Waals surface area contributed by atoms with E-state index >= 15 is 0 Å². The van der Waals surface area contributed by atoms with Gasteiger partial charge in [-0.3, -0.25) is 0 Å². The summed E-state index contributed by atoms with van der Waals surface area (Å²) in [5.41, 5.74) is 2.71. The maximum absolute atomic E-state index is 12.2. The molecule has 0 saturated carbocycles. The normalized spacial score (nSPS) is 11.8. The van der Waals surface area contributed by atoms with Crippen molar-refractivity contribution in [2.75, 3.05) is 27.3 Å². The number of nitrogens with one attached hydrogen (secondary N) is 2. The molecule has 0 radical (unpaired) electrons. The van der Waals surface area contributed by atoms with Gasteiger partial charge < -0.3 is 10.1 Å². The monoisotopic (exact) mass is 286 g/mol. The molecule has 0 aliphatic carbocycles. The van der Waals surface area contributed by atoms with Crippen LogP contribution in [-0.2, 0) is 21.3 Å². The summed E-state index contributed by atoms with van der Waals surface area (Å²) in [4.78, 5) is 0.342. The van der Waals surface area contributed by atoms with Crippen LogP contribution < -0.4 is 10.0 Å². The van der Waals surface area contributed by atoms with Crippen molar-refractivity contribution < 1.29 is 13.2 Å². The zero-order valence-electron chi connectivity index (χ0n) is 11.9. The van der Waals surface area contributed by atoms with Crippen molar-refractivity contribution in [3.8, 4) is 0 Å². The standard InChI is InChI=1S/C13H22N2O3S/c1-10-7-12(9-14-3)8-13(11(10)2)19(16,17)15-5-6-18-4/h7-8,14-15H,5-6,9H2,1-4H3. The Labute approximate surface area is 115 Å². The number of hydrogen-bond acceptors (Lipinski definition) is 4. The Morgan fingerprint density at radius 1 is 1.26 bits per heavy atom. The zero-order valence-corrected chi connectivity index (χ0v) is 12.7. The molecule has 0 atom stereocenters. The van der Waals surface area contributed by atoms with Crippen LogP contribution >= 0.6 is 0 Å². The van der Waals surface area contributed by atoms with Crippen molar-refractivity contribution in [1.29, 1.82) is 0 Å². The van der Waals surface area contributed by atoms with E-state index in [2.05, 4.69) is 10.0 Å². The quantitative estimate of drug-likeness (QED) is 0.732. The molecule has 108 valence electrons. The van der Waals surface area contributed by atoms with Gasteiger partial charge in [-0.15, -0.1) is 0 Å². The molecule has 2 N–H and O–H groups in total. The van der Waals surface area contributed by atoms with E-state index in [1.807, 2.05) is 27.0 Å². The van der Waals surface area contributed by atoms with Crippen molar-refractivity contribution in [3.63, 3.8) is 0 Å². The van der Waals surface area contributed by atoms with E-state index < -0.39 is 10.0 Å². The Balaban J connectivity index is 3.10. The van der Waals surface area contributed by atoms with Crippen molar-refractivity contribution >= 4 is 10.0 Å². The molecule has 0 aromatic heterocycles. The van der Waals surface area contributed by atoms with Crippen molar-refractivity contribution in [2.24, 2.45) is 0 Å². The van der Waals surface area contributed by atoms with E-state index in [0.717, 1.165) is 16.7 Å². The van der Waals surface area contributed by atoms with Gasteiger partial charge in [0.05, 0.1) is 11.5 Å². The van der Waals surface area contributed by atoms with E-state index in [-0.39, 0.29) is 6.54 Å². The fraction of sp³-hybridized carbons (Fsp3) is 0.538. The van der Waals surface area contributed by atoms with Crippen LogP contribution in [0.25, 0.3) is 0 Å². The molecular formula is C13H22N2O3S. The molecule has 1 aromatic carbocycles. The van der Waals surface area contributed by atoms with Crippen LogP contribution in [0.2, 0.25) is 0 Å². The molecule has 5 nitrogen and oxygen atoms in total. The molecule has 0 bridgehead atoms. The second kappa shape index (κ2) is 7.00. The highest BCUT2D eigenvalue weighted by Gasteiger charge is 2.18. The lowest BCUT2D eigenvalue weighted by Gasteiger charge is -2.13. The van der Waals surface area contributed by atoms with E-state index in [0.29, 0.717) is 18.0 Å². The second-order valence-corrected chi connectivity index (χ2v) is 6.19. The molecule has 1 aromatic rings. The molecule has 0 aliphatic rings. The summed E-state index contributed by atoms with van der Waals surface area (Å²) in [5.74, 6) is 0. The summed E-state index contributed by atoms with van der Waals surface area (Å²) < 4.78 is 31.9. The van der Waals surface area contributed by atoms with Gasteiger partial charge >= 0.3 is 0 Å². The third-order valence-electron chi connectivity index (χ3n) is 2.95. The van der Waals surface area contributed by atoms with Gasteiger partial charge in [-0.05, 0) is 43.7 Å². The predicted octanol–water partition coefficient (Wildman–Crippen LogP) is 0.948. The van der Waals surface area contributed by atoms with Crippen LogP contribution in [-0.4, -0.2) is 35.7 Å². The van der Waals surface area contributed by atoms with Gasteiger partial charge in [-0.25, -0.2) is 13.1 Å². The zero-order chi connectivity index (χ0) is 14.5. The number of benzene rings is 1. The molecule has 0 fully saturated rings. The van der Waals surface area contributed by atoms with Gasteiger partial charge in [0, 0.05) is 20.2 Å². The van der Waals surface area contributed by atoms with Crippen LogP contribution in [0.4, 0.5) is 0 Å². The summed E-state index contributed by atoms with van der Waals surface area (Å²) in [6.45, 7) is 5.01.